The van der Waals surface area contributed by atoms with E-state index in [1.54, 1.807) is 33.5 Å². The van der Waals surface area contributed by atoms with Gasteiger partial charge in [0.1, 0.15) is 5.82 Å². The molecule has 4 rings (SSSR count). The summed E-state index contributed by atoms with van der Waals surface area (Å²) in [5.74, 6) is 2.18. The van der Waals surface area contributed by atoms with Gasteiger partial charge in [0.2, 0.25) is 5.75 Å². The van der Waals surface area contributed by atoms with Crippen molar-refractivity contribution in [2.24, 2.45) is 11.8 Å². The van der Waals surface area contributed by atoms with Crippen molar-refractivity contribution in [3.63, 3.8) is 0 Å². The van der Waals surface area contributed by atoms with Gasteiger partial charge in [0.05, 0.1) is 26.9 Å². The summed E-state index contributed by atoms with van der Waals surface area (Å²) in [5, 5.41) is 11.4. The van der Waals surface area contributed by atoms with Crippen molar-refractivity contribution >= 4 is 0 Å². The van der Waals surface area contributed by atoms with Crippen LogP contribution in [0.15, 0.2) is 36.4 Å². The van der Waals surface area contributed by atoms with Crippen molar-refractivity contribution in [2.45, 2.75) is 25.0 Å². The summed E-state index contributed by atoms with van der Waals surface area (Å²) < 4.78 is 29.7. The Bertz CT molecular complexity index is 847. The van der Waals surface area contributed by atoms with Crippen molar-refractivity contribution in [3.05, 3.63) is 53.3 Å². The maximum atomic E-state index is 13.3. The van der Waals surface area contributed by atoms with Crippen molar-refractivity contribution in [1.29, 1.82) is 0 Å². The number of hydrogen-bond acceptors (Lipinski definition) is 5. The molecule has 1 heterocycles. The van der Waals surface area contributed by atoms with Crippen LogP contribution in [0.2, 0.25) is 0 Å². The van der Waals surface area contributed by atoms with Crippen molar-refractivity contribution in [2.75, 3.05) is 34.4 Å². The van der Waals surface area contributed by atoms with E-state index < -0.39 is 5.60 Å². The van der Waals surface area contributed by atoms with Gasteiger partial charge in [0.25, 0.3) is 0 Å². The quantitative estimate of drug-likeness (QED) is 0.802. The Balaban J connectivity index is 1.53. The lowest BCUT2D eigenvalue weighted by Gasteiger charge is -2.31. The van der Waals surface area contributed by atoms with Gasteiger partial charge >= 0.3 is 0 Å². The fourth-order valence-electron chi connectivity index (χ4n) is 5.10. The van der Waals surface area contributed by atoms with E-state index in [1.807, 2.05) is 12.1 Å². The van der Waals surface area contributed by atoms with Crippen LogP contribution < -0.4 is 14.2 Å². The standard InChI is InChI=1S/C23H28FNO4/c1-27-20-10-15(11-21(28-2)22(20)29-3)12-25-13-16-8-9-23(26,19(16)14-25)17-4-6-18(24)7-5-17/h4-7,10-11,16,19,26H,8-9,12-14H2,1-3H3/t16-,19-,23-/m0/s1. The lowest BCUT2D eigenvalue weighted by Crippen LogP contribution is -2.34. The van der Waals surface area contributed by atoms with E-state index in [9.17, 15) is 9.50 Å². The number of hydrogen-bond donors (Lipinski definition) is 1. The third-order valence-corrected chi connectivity index (χ3v) is 6.50. The SMILES string of the molecule is COc1cc(CN2C[C@@H]3CC[C@](O)(c4ccc(F)cc4)[C@H]3C2)cc(OC)c1OC. The smallest absolute Gasteiger partial charge is 0.203 e. The molecule has 2 aliphatic rings. The van der Waals surface area contributed by atoms with Gasteiger partial charge in [-0.2, -0.15) is 0 Å². The molecule has 0 spiro atoms. The molecular weight excluding hydrogens is 373 g/mol. The number of likely N-dealkylation sites (tertiary alicyclic amines) is 1. The number of methoxy groups -OCH3 is 3. The number of benzene rings is 2. The molecule has 0 bridgehead atoms. The first-order valence-corrected chi connectivity index (χ1v) is 9.98. The van der Waals surface area contributed by atoms with Gasteiger partial charge in [-0.3, -0.25) is 4.90 Å². The number of nitrogens with zero attached hydrogens (tertiary/aromatic N) is 1. The van der Waals surface area contributed by atoms with Crippen molar-refractivity contribution in [3.8, 4) is 17.2 Å². The molecular formula is C23H28FNO4. The molecule has 6 heteroatoms. The summed E-state index contributed by atoms with van der Waals surface area (Å²) in [4.78, 5) is 2.36. The second-order valence-electron chi connectivity index (χ2n) is 8.06. The monoisotopic (exact) mass is 401 g/mol. The van der Waals surface area contributed by atoms with Gasteiger partial charge < -0.3 is 19.3 Å². The molecule has 1 aliphatic heterocycles. The lowest BCUT2D eigenvalue weighted by molar-refractivity contribution is -0.00688. The largest absolute Gasteiger partial charge is 0.493 e. The summed E-state index contributed by atoms with van der Waals surface area (Å²) in [6.45, 7) is 2.48. The summed E-state index contributed by atoms with van der Waals surface area (Å²) in [6, 6.07) is 10.3. The van der Waals surface area contributed by atoms with E-state index >= 15 is 0 Å². The molecule has 1 saturated carbocycles. The van der Waals surface area contributed by atoms with Gasteiger partial charge in [0, 0.05) is 25.6 Å². The van der Waals surface area contributed by atoms with Gasteiger partial charge in [-0.05, 0) is 54.2 Å². The molecule has 29 heavy (non-hydrogen) atoms. The number of halogens is 1. The maximum absolute atomic E-state index is 13.3. The molecule has 156 valence electrons. The maximum Gasteiger partial charge on any atom is 0.203 e. The second kappa shape index (κ2) is 7.84. The molecule has 0 unspecified atom stereocenters. The molecule has 2 fully saturated rings. The molecule has 2 aromatic rings. The van der Waals surface area contributed by atoms with Crippen LogP contribution in [0.3, 0.4) is 0 Å². The highest BCUT2D eigenvalue weighted by Gasteiger charge is 2.52. The number of rotatable bonds is 6. The van der Waals surface area contributed by atoms with E-state index in [2.05, 4.69) is 4.90 Å². The van der Waals surface area contributed by atoms with E-state index in [4.69, 9.17) is 14.2 Å². The van der Waals surface area contributed by atoms with Crippen LogP contribution in [-0.2, 0) is 12.1 Å². The highest BCUT2D eigenvalue weighted by Crippen LogP contribution is 2.51. The molecule has 1 N–H and O–H groups in total. The number of aliphatic hydroxyl groups is 1. The van der Waals surface area contributed by atoms with Gasteiger partial charge in [-0.15, -0.1) is 0 Å². The Labute approximate surface area is 171 Å². The third-order valence-electron chi connectivity index (χ3n) is 6.50. The highest BCUT2D eigenvalue weighted by atomic mass is 19.1. The van der Waals surface area contributed by atoms with Gasteiger partial charge in [0.15, 0.2) is 11.5 Å². The minimum atomic E-state index is -0.887. The number of ether oxygens (including phenoxy) is 3. The average Bonchev–Trinajstić information content (AvgIpc) is 3.27. The molecule has 1 saturated heterocycles. The zero-order chi connectivity index (χ0) is 20.6. The minimum Gasteiger partial charge on any atom is -0.493 e. The van der Waals surface area contributed by atoms with Gasteiger partial charge in [-0.1, -0.05) is 12.1 Å². The Morgan fingerprint density at radius 3 is 2.28 bits per heavy atom. The van der Waals surface area contributed by atoms with Crippen LogP contribution in [0.1, 0.15) is 24.0 Å². The summed E-state index contributed by atoms with van der Waals surface area (Å²) >= 11 is 0. The zero-order valence-corrected chi connectivity index (χ0v) is 17.2. The van der Waals surface area contributed by atoms with Crippen LogP contribution in [0, 0.1) is 17.7 Å². The van der Waals surface area contributed by atoms with Crippen LogP contribution in [0.25, 0.3) is 0 Å². The predicted octanol–water partition coefficient (Wildman–Crippen LogP) is 3.58. The molecule has 0 amide bonds. The average molecular weight is 401 g/mol. The van der Waals surface area contributed by atoms with E-state index in [1.165, 1.54) is 12.1 Å². The first kappa shape index (κ1) is 20.0. The van der Waals surface area contributed by atoms with Crippen LogP contribution in [0.5, 0.6) is 17.2 Å². The molecule has 0 aromatic heterocycles. The van der Waals surface area contributed by atoms with E-state index in [-0.39, 0.29) is 11.7 Å². The highest BCUT2D eigenvalue weighted by molar-refractivity contribution is 5.53. The molecule has 2 aromatic carbocycles. The lowest BCUT2D eigenvalue weighted by atomic mass is 9.82. The zero-order valence-electron chi connectivity index (χ0n) is 17.2. The van der Waals surface area contributed by atoms with E-state index in [0.29, 0.717) is 23.2 Å². The number of fused-ring (bicyclic) bond motifs is 1. The van der Waals surface area contributed by atoms with Gasteiger partial charge in [-0.25, -0.2) is 4.39 Å². The molecule has 5 nitrogen and oxygen atoms in total. The van der Waals surface area contributed by atoms with Crippen LogP contribution in [-0.4, -0.2) is 44.4 Å². The molecule has 0 radical (unpaired) electrons. The fraction of sp³-hybridized carbons (Fsp3) is 0.478. The van der Waals surface area contributed by atoms with Crippen LogP contribution >= 0.6 is 0 Å². The minimum absolute atomic E-state index is 0.148. The van der Waals surface area contributed by atoms with Crippen LogP contribution in [0.4, 0.5) is 4.39 Å². The van der Waals surface area contributed by atoms with E-state index in [0.717, 1.165) is 43.6 Å². The fourth-order valence-corrected chi connectivity index (χ4v) is 5.10. The molecule has 3 atom stereocenters. The molecule has 1 aliphatic carbocycles. The first-order valence-electron chi connectivity index (χ1n) is 9.98. The second-order valence-corrected chi connectivity index (χ2v) is 8.06. The Morgan fingerprint density at radius 2 is 1.69 bits per heavy atom. The topological polar surface area (TPSA) is 51.2 Å². The third kappa shape index (κ3) is 3.55. The Hall–Kier alpha value is -2.31. The predicted molar refractivity (Wildman–Crippen MR) is 108 cm³/mol. The summed E-state index contributed by atoms with van der Waals surface area (Å²) in [5.41, 5.74) is 1.01. The van der Waals surface area contributed by atoms with Crippen molar-refractivity contribution < 1.29 is 23.7 Å². The van der Waals surface area contributed by atoms with Crippen molar-refractivity contribution in [1.82, 2.24) is 4.90 Å². The Kier molecular flexibility index (Phi) is 5.40. The normalized spacial score (nSPS) is 26.4. The first-order chi connectivity index (χ1) is 14.0. The summed E-state index contributed by atoms with van der Waals surface area (Å²) in [6.07, 6.45) is 1.70. The summed E-state index contributed by atoms with van der Waals surface area (Å²) in [7, 11) is 4.83. The Morgan fingerprint density at radius 1 is 1.03 bits per heavy atom.